The van der Waals surface area contributed by atoms with Crippen molar-refractivity contribution in [1.29, 1.82) is 0 Å². The van der Waals surface area contributed by atoms with Crippen LogP contribution in [0.3, 0.4) is 0 Å². The monoisotopic (exact) mass is 262 g/mol. The van der Waals surface area contributed by atoms with E-state index in [-0.39, 0.29) is 0 Å². The first-order chi connectivity index (χ1) is 9.22. The Labute approximate surface area is 114 Å². The van der Waals surface area contributed by atoms with Crippen molar-refractivity contribution in [2.75, 3.05) is 18.6 Å². The summed E-state index contributed by atoms with van der Waals surface area (Å²) in [7, 11) is 0. The van der Waals surface area contributed by atoms with E-state index in [2.05, 4.69) is 23.7 Å². The quantitative estimate of drug-likeness (QED) is 0.611. The van der Waals surface area contributed by atoms with E-state index in [9.17, 15) is 5.11 Å². The molecule has 0 saturated carbocycles. The molecule has 0 fully saturated rings. The maximum absolute atomic E-state index is 9.51. The lowest BCUT2D eigenvalue weighted by atomic mass is 10.1. The topological polar surface area (TPSA) is 44.7 Å². The van der Waals surface area contributed by atoms with Crippen molar-refractivity contribution in [2.24, 2.45) is 0 Å². The van der Waals surface area contributed by atoms with Gasteiger partial charge in [0.1, 0.15) is 18.7 Å². The predicted molar refractivity (Wildman–Crippen MR) is 77.1 cm³/mol. The molecule has 0 radical (unpaired) electrons. The third-order valence-corrected chi connectivity index (χ3v) is 3.22. The fourth-order valence-corrected chi connectivity index (χ4v) is 2.14. The van der Waals surface area contributed by atoms with E-state index >= 15 is 0 Å². The van der Waals surface area contributed by atoms with Gasteiger partial charge in [-0.15, -0.1) is 0 Å². The summed E-state index contributed by atoms with van der Waals surface area (Å²) in [5.41, 5.74) is 2.04. The molecular formula is C15H22N2O2. The molecule has 1 unspecified atom stereocenters. The smallest absolute Gasteiger partial charge is 0.143 e. The summed E-state index contributed by atoms with van der Waals surface area (Å²) in [6.45, 7) is 8.35. The highest BCUT2D eigenvalue weighted by molar-refractivity contribution is 5.52. The molecule has 1 aromatic carbocycles. The molecule has 4 nitrogen and oxygen atoms in total. The van der Waals surface area contributed by atoms with Gasteiger partial charge in [-0.05, 0) is 30.7 Å². The molecule has 104 valence electrons. The highest BCUT2D eigenvalue weighted by Crippen LogP contribution is 2.28. The van der Waals surface area contributed by atoms with Crippen LogP contribution in [0, 0.1) is 0 Å². The minimum absolute atomic E-state index is 0.662. The third kappa shape index (κ3) is 3.72. The van der Waals surface area contributed by atoms with Gasteiger partial charge < -0.3 is 15.2 Å². The molecule has 4 heteroatoms. The fourth-order valence-electron chi connectivity index (χ4n) is 2.14. The minimum Gasteiger partial charge on any atom is -0.478 e. The molecule has 19 heavy (non-hydrogen) atoms. The molecule has 2 rings (SSSR count). The van der Waals surface area contributed by atoms with Crippen LogP contribution in [0.5, 0.6) is 5.75 Å². The highest BCUT2D eigenvalue weighted by atomic mass is 16.5. The second kappa shape index (κ2) is 6.59. The van der Waals surface area contributed by atoms with Crippen molar-refractivity contribution in [3.05, 3.63) is 36.4 Å². The van der Waals surface area contributed by atoms with Crippen molar-refractivity contribution in [3.63, 3.8) is 0 Å². The van der Waals surface area contributed by atoms with E-state index < -0.39 is 6.23 Å². The second-order valence-corrected chi connectivity index (χ2v) is 4.83. The lowest BCUT2D eigenvalue weighted by molar-refractivity contribution is 0.0941. The zero-order valence-electron chi connectivity index (χ0n) is 11.4. The summed E-state index contributed by atoms with van der Waals surface area (Å²) in [4.78, 5) is 2.29. The van der Waals surface area contributed by atoms with Gasteiger partial charge in [-0.25, -0.2) is 0 Å². The van der Waals surface area contributed by atoms with Crippen LogP contribution in [0.15, 0.2) is 30.9 Å². The summed E-state index contributed by atoms with van der Waals surface area (Å²) in [6, 6.07) is 5.89. The normalized spacial score (nSPS) is 16.3. The van der Waals surface area contributed by atoms with Gasteiger partial charge in [0.15, 0.2) is 0 Å². The number of nitrogens with zero attached hydrogens (tertiary/aromatic N) is 1. The van der Waals surface area contributed by atoms with Gasteiger partial charge in [0.25, 0.3) is 0 Å². The fraction of sp³-hybridized carbons (Fsp3) is 0.467. The van der Waals surface area contributed by atoms with Crippen molar-refractivity contribution in [1.82, 2.24) is 4.90 Å². The molecule has 1 aliphatic heterocycles. The van der Waals surface area contributed by atoms with Gasteiger partial charge in [-0.2, -0.15) is 0 Å². The lowest BCUT2D eigenvalue weighted by Crippen LogP contribution is -2.32. The molecule has 1 aromatic rings. The van der Waals surface area contributed by atoms with Gasteiger partial charge in [0, 0.05) is 24.3 Å². The molecular weight excluding hydrogens is 240 g/mol. The molecule has 0 bridgehead atoms. The number of aliphatic hydroxyl groups is 1. The lowest BCUT2D eigenvalue weighted by Gasteiger charge is -2.29. The molecule has 0 spiro atoms. The Bertz CT molecular complexity index is 434. The van der Waals surface area contributed by atoms with Crippen LogP contribution in [0.4, 0.5) is 5.69 Å². The summed E-state index contributed by atoms with van der Waals surface area (Å²) in [5, 5.41) is 12.5. The van der Waals surface area contributed by atoms with E-state index in [1.54, 1.807) is 0 Å². The van der Waals surface area contributed by atoms with Gasteiger partial charge in [-0.3, -0.25) is 4.90 Å². The highest BCUT2D eigenvalue weighted by Gasteiger charge is 2.17. The Hall–Kier alpha value is -1.52. The summed E-state index contributed by atoms with van der Waals surface area (Å²) in [5.74, 6) is 0.936. The van der Waals surface area contributed by atoms with Crippen molar-refractivity contribution in [2.45, 2.75) is 32.5 Å². The Balaban J connectivity index is 2.04. The van der Waals surface area contributed by atoms with Gasteiger partial charge in [0.2, 0.25) is 0 Å². The number of hydrogen-bond donors (Lipinski definition) is 2. The molecule has 1 atom stereocenters. The van der Waals surface area contributed by atoms with Crippen LogP contribution in [0.25, 0.3) is 0 Å². The average molecular weight is 262 g/mol. The predicted octanol–water partition coefficient (Wildman–Crippen LogP) is 2.55. The molecule has 1 heterocycles. The minimum atomic E-state index is -0.723. The number of unbranched alkanes of at least 4 members (excludes halogenated alkanes) is 1. The van der Waals surface area contributed by atoms with Crippen molar-refractivity contribution in [3.8, 4) is 5.75 Å². The molecule has 0 amide bonds. The van der Waals surface area contributed by atoms with E-state index in [0.29, 0.717) is 6.73 Å². The van der Waals surface area contributed by atoms with Crippen LogP contribution < -0.4 is 10.1 Å². The first-order valence-electron chi connectivity index (χ1n) is 6.78. The molecule has 0 saturated heterocycles. The summed E-state index contributed by atoms with van der Waals surface area (Å²) in [6.07, 6.45) is 3.12. The molecule has 2 N–H and O–H groups in total. The van der Waals surface area contributed by atoms with Crippen LogP contribution in [0.1, 0.15) is 25.3 Å². The summed E-state index contributed by atoms with van der Waals surface area (Å²) >= 11 is 0. The van der Waals surface area contributed by atoms with Crippen LogP contribution in [-0.2, 0) is 6.54 Å². The first-order valence-corrected chi connectivity index (χ1v) is 6.78. The van der Waals surface area contributed by atoms with E-state index in [0.717, 1.165) is 30.1 Å². The van der Waals surface area contributed by atoms with E-state index in [1.807, 2.05) is 18.2 Å². The van der Waals surface area contributed by atoms with Crippen LogP contribution >= 0.6 is 0 Å². The third-order valence-electron chi connectivity index (χ3n) is 3.22. The number of hydrogen-bond acceptors (Lipinski definition) is 4. The number of fused-ring (bicyclic) bond motifs is 1. The Morgan fingerprint density at radius 2 is 2.42 bits per heavy atom. The Morgan fingerprint density at radius 1 is 1.58 bits per heavy atom. The number of benzene rings is 1. The number of nitrogens with one attached hydrogen (secondary N) is 1. The van der Waals surface area contributed by atoms with Crippen LogP contribution in [-0.4, -0.2) is 29.5 Å². The number of anilines is 1. The van der Waals surface area contributed by atoms with Crippen molar-refractivity contribution < 1.29 is 9.84 Å². The zero-order chi connectivity index (χ0) is 13.7. The van der Waals surface area contributed by atoms with E-state index in [4.69, 9.17) is 4.74 Å². The molecule has 1 aliphatic rings. The second-order valence-electron chi connectivity index (χ2n) is 4.83. The average Bonchev–Trinajstić information content (AvgIpc) is 2.44. The van der Waals surface area contributed by atoms with Gasteiger partial charge in [-0.1, -0.05) is 19.9 Å². The van der Waals surface area contributed by atoms with Crippen LogP contribution in [0.2, 0.25) is 0 Å². The number of aliphatic hydroxyl groups excluding tert-OH is 1. The Morgan fingerprint density at radius 3 is 3.16 bits per heavy atom. The first kappa shape index (κ1) is 13.9. The Kier molecular flexibility index (Phi) is 4.82. The number of ether oxygens (including phenoxy) is 1. The molecule has 0 aromatic heterocycles. The maximum atomic E-state index is 9.51. The number of rotatable bonds is 6. The molecule has 0 aliphatic carbocycles. The largest absolute Gasteiger partial charge is 0.478 e. The SMILES string of the molecule is C=CC(O)Nc1ccc2c(c1)CN(CCCC)CO2. The standard InChI is InChI=1S/C15H22N2O2/c1-3-5-8-17-10-12-9-13(16-15(18)4-2)6-7-14(12)19-11-17/h4,6-7,9,15-16,18H,2-3,5,8,10-11H2,1H3. The van der Waals surface area contributed by atoms with Gasteiger partial charge >= 0.3 is 0 Å². The summed E-state index contributed by atoms with van der Waals surface area (Å²) < 4.78 is 5.73. The zero-order valence-corrected chi connectivity index (χ0v) is 11.4. The van der Waals surface area contributed by atoms with Crippen molar-refractivity contribution >= 4 is 5.69 Å². The van der Waals surface area contributed by atoms with E-state index in [1.165, 1.54) is 18.9 Å². The maximum Gasteiger partial charge on any atom is 0.143 e. The van der Waals surface area contributed by atoms with Gasteiger partial charge in [0.05, 0.1) is 0 Å².